The number of nitrogens with one attached hydrogen (secondary N) is 2. The van der Waals surface area contributed by atoms with E-state index >= 15 is 0 Å². The van der Waals surface area contributed by atoms with Crippen LogP contribution in [0.5, 0.6) is 0 Å². The molecule has 2 aromatic carbocycles. The highest BCUT2D eigenvalue weighted by Gasteiger charge is 2.11. The van der Waals surface area contributed by atoms with Crippen LogP contribution in [0.2, 0.25) is 0 Å². The zero-order valence-electron chi connectivity index (χ0n) is 14.2. The van der Waals surface area contributed by atoms with E-state index < -0.39 is 0 Å². The second kappa shape index (κ2) is 6.65. The monoisotopic (exact) mass is 377 g/mol. The maximum atomic E-state index is 12.6. The van der Waals surface area contributed by atoms with Crippen molar-refractivity contribution < 1.29 is 4.79 Å². The molecule has 0 spiro atoms. The van der Waals surface area contributed by atoms with E-state index in [1.807, 2.05) is 24.3 Å². The Morgan fingerprint density at radius 2 is 2.11 bits per heavy atom. The molecule has 134 valence electrons. The topological polar surface area (TPSA) is 84.7 Å². The molecule has 2 heterocycles. The fourth-order valence-electron chi connectivity index (χ4n) is 2.91. The third-order valence-electron chi connectivity index (χ3n) is 4.23. The lowest BCUT2D eigenvalue weighted by atomic mass is 10.1. The molecule has 0 aliphatic rings. The quantitative estimate of drug-likeness (QED) is 0.423. The van der Waals surface area contributed by atoms with Crippen LogP contribution in [0.3, 0.4) is 0 Å². The van der Waals surface area contributed by atoms with Gasteiger partial charge in [-0.2, -0.15) is 0 Å². The number of imidazole rings is 1. The summed E-state index contributed by atoms with van der Waals surface area (Å²) < 4.78 is 3.26. The van der Waals surface area contributed by atoms with Crippen molar-refractivity contribution in [2.75, 3.05) is 5.43 Å². The molecular weight excluding hydrogens is 362 g/mol. The number of hydrogen-bond donors (Lipinski definition) is 2. The Hall–Kier alpha value is -3.52. The Morgan fingerprint density at radius 3 is 2.93 bits per heavy atom. The predicted molar refractivity (Wildman–Crippen MR) is 107 cm³/mol. The molecule has 0 bridgehead atoms. The van der Waals surface area contributed by atoms with Crippen LogP contribution < -0.4 is 11.0 Å². The van der Waals surface area contributed by atoms with Crippen LogP contribution in [-0.4, -0.2) is 25.1 Å². The maximum absolute atomic E-state index is 12.6. The zero-order valence-corrected chi connectivity index (χ0v) is 15.0. The van der Waals surface area contributed by atoms with Gasteiger partial charge in [-0.05, 0) is 42.5 Å². The fraction of sp³-hybridized carbons (Fsp3) is 0.0526. The smallest absolute Gasteiger partial charge is 0.270 e. The predicted octanol–water partition coefficient (Wildman–Crippen LogP) is 2.98. The number of rotatable bonds is 4. The van der Waals surface area contributed by atoms with Gasteiger partial charge in [-0.3, -0.25) is 19.6 Å². The highest BCUT2D eigenvalue weighted by Crippen LogP contribution is 2.13. The van der Waals surface area contributed by atoms with Crippen LogP contribution in [0.1, 0.15) is 10.4 Å². The molecule has 0 saturated heterocycles. The summed E-state index contributed by atoms with van der Waals surface area (Å²) in [5.74, 6) is -0.324. The normalized spacial score (nSPS) is 11.0. The Labute approximate surface area is 158 Å². The lowest BCUT2D eigenvalue weighted by Gasteiger charge is -2.09. The van der Waals surface area contributed by atoms with Gasteiger partial charge >= 0.3 is 0 Å². The van der Waals surface area contributed by atoms with Crippen molar-refractivity contribution >= 4 is 40.1 Å². The van der Waals surface area contributed by atoms with E-state index in [-0.39, 0.29) is 16.2 Å². The average molecular weight is 377 g/mol. The summed E-state index contributed by atoms with van der Waals surface area (Å²) in [6.45, 7) is 3.95. The molecule has 0 unspecified atom stereocenters. The number of aromatic amines is 1. The summed E-state index contributed by atoms with van der Waals surface area (Å²) in [5, 5.41) is 0.454. The Morgan fingerprint density at radius 1 is 1.30 bits per heavy atom. The van der Waals surface area contributed by atoms with Gasteiger partial charge < -0.3 is 4.98 Å². The number of benzene rings is 2. The number of amides is 1. The number of nitrogens with zero attached hydrogens (tertiary/aromatic N) is 3. The van der Waals surface area contributed by atoms with E-state index in [1.165, 1.54) is 4.57 Å². The first-order valence-corrected chi connectivity index (χ1v) is 8.60. The van der Waals surface area contributed by atoms with Gasteiger partial charge in [0.25, 0.3) is 11.5 Å². The molecule has 0 aliphatic carbocycles. The SMILES string of the molecule is C=CCn1c(=S)[nH]c2cc(C(=O)Nn3cnc4ccccc43)ccc2c1=O. The van der Waals surface area contributed by atoms with Crippen LogP contribution in [0.15, 0.2) is 66.2 Å². The first kappa shape index (κ1) is 16.9. The van der Waals surface area contributed by atoms with Gasteiger partial charge in [0.15, 0.2) is 4.77 Å². The molecule has 4 rings (SSSR count). The van der Waals surface area contributed by atoms with Gasteiger partial charge in [0.1, 0.15) is 6.33 Å². The van der Waals surface area contributed by atoms with Gasteiger partial charge in [-0.1, -0.05) is 18.2 Å². The molecule has 8 heteroatoms. The van der Waals surface area contributed by atoms with Crippen LogP contribution in [0.25, 0.3) is 21.9 Å². The molecule has 2 N–H and O–H groups in total. The van der Waals surface area contributed by atoms with Crippen LogP contribution in [-0.2, 0) is 6.54 Å². The number of allylic oxidation sites excluding steroid dienone is 1. The molecule has 1 amide bonds. The minimum absolute atomic E-state index is 0.221. The van der Waals surface area contributed by atoms with E-state index in [9.17, 15) is 9.59 Å². The molecule has 0 atom stereocenters. The van der Waals surface area contributed by atoms with E-state index in [4.69, 9.17) is 12.2 Å². The van der Waals surface area contributed by atoms with Gasteiger partial charge in [0.2, 0.25) is 0 Å². The molecule has 0 fully saturated rings. The van der Waals surface area contributed by atoms with Crippen molar-refractivity contribution in [1.29, 1.82) is 0 Å². The number of fused-ring (bicyclic) bond motifs is 2. The molecule has 27 heavy (non-hydrogen) atoms. The molecular formula is C19H15N5O2S. The van der Waals surface area contributed by atoms with Gasteiger partial charge in [-0.15, -0.1) is 6.58 Å². The van der Waals surface area contributed by atoms with Crippen molar-refractivity contribution in [3.8, 4) is 0 Å². The number of para-hydroxylation sites is 2. The van der Waals surface area contributed by atoms with Crippen molar-refractivity contribution in [1.82, 2.24) is 19.2 Å². The largest absolute Gasteiger partial charge is 0.332 e. The molecule has 0 saturated carbocycles. The minimum atomic E-state index is -0.324. The number of carbonyl (C=O) groups excluding carboxylic acids is 1. The molecule has 7 nitrogen and oxygen atoms in total. The number of hydrogen-bond acceptors (Lipinski definition) is 4. The third kappa shape index (κ3) is 2.96. The van der Waals surface area contributed by atoms with Crippen LogP contribution in [0, 0.1) is 4.77 Å². The molecule has 2 aromatic heterocycles. The van der Waals surface area contributed by atoms with E-state index in [0.29, 0.717) is 23.0 Å². The van der Waals surface area contributed by atoms with Crippen LogP contribution in [0.4, 0.5) is 0 Å². The van der Waals surface area contributed by atoms with Crippen LogP contribution >= 0.6 is 12.2 Å². The maximum Gasteiger partial charge on any atom is 0.270 e. The lowest BCUT2D eigenvalue weighted by molar-refractivity contribution is 0.101. The summed E-state index contributed by atoms with van der Waals surface area (Å²) >= 11 is 5.23. The Kier molecular flexibility index (Phi) is 4.17. The molecule has 4 aromatic rings. The highest BCUT2D eigenvalue weighted by atomic mass is 32.1. The second-order valence-electron chi connectivity index (χ2n) is 5.94. The fourth-order valence-corrected chi connectivity index (χ4v) is 3.18. The summed E-state index contributed by atoms with van der Waals surface area (Å²) in [5.41, 5.74) is 5.04. The van der Waals surface area contributed by atoms with Gasteiger partial charge in [-0.25, -0.2) is 9.66 Å². The van der Waals surface area contributed by atoms with E-state index in [2.05, 4.69) is 22.0 Å². The first-order chi connectivity index (χ1) is 13.1. The standard InChI is InChI=1S/C19H15N5O2S/c1-2-9-23-18(26)13-8-7-12(10-15(13)21-19(23)27)17(25)22-24-11-20-14-5-3-4-6-16(14)24/h2-8,10-11H,1,9H2,(H,21,27)(H,22,25). The lowest BCUT2D eigenvalue weighted by Crippen LogP contribution is -2.23. The highest BCUT2D eigenvalue weighted by molar-refractivity contribution is 7.71. The minimum Gasteiger partial charge on any atom is -0.332 e. The average Bonchev–Trinajstić information content (AvgIpc) is 3.07. The summed E-state index contributed by atoms with van der Waals surface area (Å²) in [7, 11) is 0. The van der Waals surface area contributed by atoms with Crippen molar-refractivity contribution in [3.63, 3.8) is 0 Å². The van der Waals surface area contributed by atoms with Crippen molar-refractivity contribution in [2.24, 2.45) is 0 Å². The number of H-pyrrole nitrogens is 1. The summed E-state index contributed by atoms with van der Waals surface area (Å²) in [6, 6.07) is 12.3. The Bertz CT molecular complexity index is 1320. The summed E-state index contributed by atoms with van der Waals surface area (Å²) in [4.78, 5) is 32.4. The van der Waals surface area contributed by atoms with Gasteiger partial charge in [0, 0.05) is 12.1 Å². The second-order valence-corrected chi connectivity index (χ2v) is 6.33. The van der Waals surface area contributed by atoms with Crippen molar-refractivity contribution in [2.45, 2.75) is 6.54 Å². The van der Waals surface area contributed by atoms with E-state index in [0.717, 1.165) is 11.0 Å². The van der Waals surface area contributed by atoms with Crippen molar-refractivity contribution in [3.05, 3.63) is 82.1 Å². The molecule has 0 radical (unpaired) electrons. The van der Waals surface area contributed by atoms with Gasteiger partial charge in [0.05, 0.1) is 21.9 Å². The molecule has 0 aliphatic heterocycles. The Balaban J connectivity index is 1.72. The zero-order chi connectivity index (χ0) is 19.0. The number of aromatic nitrogens is 4. The number of carbonyl (C=O) groups is 1. The third-order valence-corrected chi connectivity index (χ3v) is 4.55. The van der Waals surface area contributed by atoms with E-state index in [1.54, 1.807) is 35.3 Å². The first-order valence-electron chi connectivity index (χ1n) is 8.19. The summed E-state index contributed by atoms with van der Waals surface area (Å²) in [6.07, 6.45) is 3.15.